The molecule has 1 aromatic carbocycles. The van der Waals surface area contributed by atoms with Crippen LogP contribution < -0.4 is 15.2 Å². The molecule has 0 bridgehead atoms. The van der Waals surface area contributed by atoms with Crippen LogP contribution in [0.1, 0.15) is 92.6 Å². The smallest absolute Gasteiger partial charge is 0.323 e. The van der Waals surface area contributed by atoms with E-state index in [1.54, 1.807) is 26.0 Å². The fourth-order valence-corrected chi connectivity index (χ4v) is 3.27. The van der Waals surface area contributed by atoms with Crippen LogP contribution in [0, 0.1) is 11.8 Å². The highest BCUT2D eigenvalue weighted by Crippen LogP contribution is 2.30. The lowest BCUT2D eigenvalue weighted by molar-refractivity contribution is -0.166. The predicted molar refractivity (Wildman–Crippen MR) is 144 cm³/mol. The zero-order valence-corrected chi connectivity index (χ0v) is 23.9. The van der Waals surface area contributed by atoms with Gasteiger partial charge in [0.25, 0.3) is 0 Å². The van der Waals surface area contributed by atoms with E-state index in [2.05, 4.69) is 0 Å². The number of hydrogen-bond donors (Lipinski definition) is 1. The second-order valence-corrected chi connectivity index (χ2v) is 10.5. The normalized spacial score (nSPS) is 13.5. The highest BCUT2D eigenvalue weighted by atomic mass is 16.6. The first-order valence-electron chi connectivity index (χ1n) is 13.5. The number of ether oxygens (including phenoxy) is 4. The van der Waals surface area contributed by atoms with Crippen LogP contribution in [0.5, 0.6) is 11.5 Å². The number of esters is 4. The van der Waals surface area contributed by atoms with Crippen molar-refractivity contribution in [3.63, 3.8) is 0 Å². The standard InChI is InChI=1S/C29H45NO8/c1-8-9-26(31)35-20(6)21(7)36-29(34)23(30)16-22-12-13-24(37-27(32)14-10-18(2)3)25(17-22)38-28(33)15-11-19(4)5/h12-13,17-21,23H,8-11,14-16,30H2,1-7H3/t20?,21-,23-/m0/s1. The summed E-state index contributed by atoms with van der Waals surface area (Å²) in [5.74, 6) is -0.982. The van der Waals surface area contributed by atoms with Crippen molar-refractivity contribution in [2.75, 3.05) is 0 Å². The Morgan fingerprint density at radius 1 is 0.737 bits per heavy atom. The Morgan fingerprint density at radius 2 is 1.26 bits per heavy atom. The van der Waals surface area contributed by atoms with Crippen LogP contribution >= 0.6 is 0 Å². The number of nitrogens with two attached hydrogens (primary N) is 1. The average molecular weight is 536 g/mol. The molecular weight excluding hydrogens is 490 g/mol. The van der Waals surface area contributed by atoms with E-state index in [1.165, 1.54) is 6.07 Å². The SMILES string of the molecule is CCCC(=O)OC(C)[C@H](C)OC(=O)[C@@H](N)Cc1ccc(OC(=O)CCC(C)C)c(OC(=O)CCC(C)C)c1. The summed E-state index contributed by atoms with van der Waals surface area (Å²) in [7, 11) is 0. The molecule has 0 aliphatic carbocycles. The van der Waals surface area contributed by atoms with Gasteiger partial charge in [-0.15, -0.1) is 0 Å². The molecule has 9 heteroatoms. The Hall–Kier alpha value is -2.94. The van der Waals surface area contributed by atoms with Crippen molar-refractivity contribution in [2.24, 2.45) is 17.6 Å². The first-order valence-corrected chi connectivity index (χ1v) is 13.5. The van der Waals surface area contributed by atoms with Crippen LogP contribution in [0.15, 0.2) is 18.2 Å². The zero-order valence-electron chi connectivity index (χ0n) is 23.9. The number of benzene rings is 1. The monoisotopic (exact) mass is 535 g/mol. The molecule has 0 amide bonds. The fraction of sp³-hybridized carbons (Fsp3) is 0.655. The maximum absolute atomic E-state index is 12.6. The van der Waals surface area contributed by atoms with Crippen molar-refractivity contribution in [1.29, 1.82) is 0 Å². The molecule has 0 radical (unpaired) electrons. The van der Waals surface area contributed by atoms with Crippen LogP contribution in [0.3, 0.4) is 0 Å². The molecule has 0 heterocycles. The second-order valence-electron chi connectivity index (χ2n) is 10.5. The zero-order chi connectivity index (χ0) is 28.8. The summed E-state index contributed by atoms with van der Waals surface area (Å²) >= 11 is 0. The van der Waals surface area contributed by atoms with E-state index in [0.717, 1.165) is 0 Å². The van der Waals surface area contributed by atoms with Gasteiger partial charge in [0.2, 0.25) is 0 Å². The molecule has 1 unspecified atom stereocenters. The van der Waals surface area contributed by atoms with Crippen molar-refractivity contribution >= 4 is 23.9 Å². The summed E-state index contributed by atoms with van der Waals surface area (Å²) in [5, 5.41) is 0. The van der Waals surface area contributed by atoms with Crippen molar-refractivity contribution in [2.45, 2.75) is 112 Å². The number of rotatable bonds is 16. The largest absolute Gasteiger partial charge is 0.459 e. The number of carbonyl (C=O) groups is 4. The lowest BCUT2D eigenvalue weighted by Gasteiger charge is -2.22. The Labute approximate surface area is 226 Å². The van der Waals surface area contributed by atoms with Gasteiger partial charge in [-0.2, -0.15) is 0 Å². The van der Waals surface area contributed by atoms with Gasteiger partial charge in [-0.1, -0.05) is 40.7 Å². The number of carbonyl (C=O) groups excluding carboxylic acids is 4. The van der Waals surface area contributed by atoms with Crippen molar-refractivity contribution in [1.82, 2.24) is 0 Å². The maximum atomic E-state index is 12.6. The predicted octanol–water partition coefficient (Wildman–Crippen LogP) is 4.90. The maximum Gasteiger partial charge on any atom is 0.323 e. The van der Waals surface area contributed by atoms with E-state index >= 15 is 0 Å². The summed E-state index contributed by atoms with van der Waals surface area (Å²) < 4.78 is 21.7. The molecule has 0 saturated carbocycles. The molecule has 0 spiro atoms. The van der Waals surface area contributed by atoms with Crippen LogP contribution in [0.25, 0.3) is 0 Å². The molecule has 38 heavy (non-hydrogen) atoms. The van der Waals surface area contributed by atoms with Gasteiger partial charge in [-0.25, -0.2) is 0 Å². The van der Waals surface area contributed by atoms with Gasteiger partial charge in [-0.05, 0) is 69.1 Å². The van der Waals surface area contributed by atoms with Gasteiger partial charge in [0, 0.05) is 19.3 Å². The van der Waals surface area contributed by atoms with E-state index in [-0.39, 0.29) is 43.2 Å². The molecule has 214 valence electrons. The van der Waals surface area contributed by atoms with E-state index in [0.29, 0.717) is 36.7 Å². The summed E-state index contributed by atoms with van der Waals surface area (Å²) in [6.45, 7) is 13.2. The number of hydrogen-bond acceptors (Lipinski definition) is 9. The minimum atomic E-state index is -1.01. The molecule has 9 nitrogen and oxygen atoms in total. The Balaban J connectivity index is 2.93. The quantitative estimate of drug-likeness (QED) is 0.232. The average Bonchev–Trinajstić information content (AvgIpc) is 2.82. The minimum absolute atomic E-state index is 0.0909. The molecule has 0 aliphatic heterocycles. The van der Waals surface area contributed by atoms with Crippen molar-refractivity contribution < 1.29 is 38.1 Å². The third kappa shape index (κ3) is 13.0. The van der Waals surface area contributed by atoms with Crippen LogP contribution in [-0.4, -0.2) is 42.1 Å². The molecule has 2 N–H and O–H groups in total. The Bertz CT molecular complexity index is 927. The molecular formula is C29H45NO8. The summed E-state index contributed by atoms with van der Waals surface area (Å²) in [5.41, 5.74) is 6.69. The molecule has 3 atom stereocenters. The second kappa shape index (κ2) is 16.8. The molecule has 0 aromatic heterocycles. The minimum Gasteiger partial charge on any atom is -0.459 e. The van der Waals surface area contributed by atoms with Crippen LogP contribution in [0.4, 0.5) is 0 Å². The van der Waals surface area contributed by atoms with Gasteiger partial charge in [-0.3, -0.25) is 19.2 Å². The first kappa shape index (κ1) is 33.1. The van der Waals surface area contributed by atoms with E-state index in [4.69, 9.17) is 24.7 Å². The van der Waals surface area contributed by atoms with E-state index in [9.17, 15) is 19.2 Å². The molecule has 0 aliphatic rings. The fourth-order valence-electron chi connectivity index (χ4n) is 3.27. The highest BCUT2D eigenvalue weighted by molar-refractivity contribution is 5.77. The van der Waals surface area contributed by atoms with Gasteiger partial charge >= 0.3 is 23.9 Å². The first-order chi connectivity index (χ1) is 17.8. The Kier molecular flexibility index (Phi) is 14.6. The lowest BCUT2D eigenvalue weighted by atomic mass is 10.1. The lowest BCUT2D eigenvalue weighted by Crippen LogP contribution is -2.39. The summed E-state index contributed by atoms with van der Waals surface area (Å²) in [6.07, 6.45) is 1.52. The van der Waals surface area contributed by atoms with Gasteiger partial charge < -0.3 is 24.7 Å². The van der Waals surface area contributed by atoms with Crippen molar-refractivity contribution in [3.8, 4) is 11.5 Å². The topological polar surface area (TPSA) is 131 Å². The molecule has 0 saturated heterocycles. The van der Waals surface area contributed by atoms with E-state index in [1.807, 2.05) is 34.6 Å². The van der Waals surface area contributed by atoms with Crippen LogP contribution in [-0.2, 0) is 35.1 Å². The van der Waals surface area contributed by atoms with Gasteiger partial charge in [0.15, 0.2) is 11.5 Å². The summed E-state index contributed by atoms with van der Waals surface area (Å²) in [6, 6.07) is 3.72. The highest BCUT2D eigenvalue weighted by Gasteiger charge is 2.25. The molecule has 1 rings (SSSR count). The van der Waals surface area contributed by atoms with Crippen molar-refractivity contribution in [3.05, 3.63) is 23.8 Å². The Morgan fingerprint density at radius 3 is 1.79 bits per heavy atom. The van der Waals surface area contributed by atoms with E-state index < -0.39 is 36.2 Å². The summed E-state index contributed by atoms with van der Waals surface area (Å²) in [4.78, 5) is 49.0. The van der Waals surface area contributed by atoms with Gasteiger partial charge in [0.05, 0.1) is 0 Å². The van der Waals surface area contributed by atoms with Gasteiger partial charge in [0.1, 0.15) is 18.2 Å². The molecule has 0 fully saturated rings. The molecule has 1 aromatic rings. The van der Waals surface area contributed by atoms with Crippen LogP contribution in [0.2, 0.25) is 0 Å². The third-order valence-corrected chi connectivity index (χ3v) is 5.80. The third-order valence-electron chi connectivity index (χ3n) is 5.80.